The summed E-state index contributed by atoms with van der Waals surface area (Å²) in [5.41, 5.74) is 0.198. The summed E-state index contributed by atoms with van der Waals surface area (Å²) < 4.78 is 18.5. The molecule has 8 heteroatoms. The molecule has 0 bridgehead atoms. The number of hydrogen-bond donors (Lipinski definition) is 1. The lowest BCUT2D eigenvalue weighted by Gasteiger charge is -2.08. The number of ether oxygens (including phenoxy) is 1. The van der Waals surface area contributed by atoms with Crippen LogP contribution >= 0.6 is 0 Å². The SMILES string of the molecule is O=c1[nH]c(-c2ccc(Oc3ccc(F)cc3)c([N+](=O)[O-])c2)nc2ccccc12. The summed E-state index contributed by atoms with van der Waals surface area (Å²) in [4.78, 5) is 30.2. The third-order valence-electron chi connectivity index (χ3n) is 4.08. The van der Waals surface area contributed by atoms with Gasteiger partial charge in [0.1, 0.15) is 17.4 Å². The Morgan fingerprint density at radius 2 is 1.79 bits per heavy atom. The zero-order chi connectivity index (χ0) is 19.7. The molecule has 0 spiro atoms. The number of aromatic amines is 1. The first-order chi connectivity index (χ1) is 13.5. The molecule has 0 aliphatic rings. The minimum Gasteiger partial charge on any atom is -0.450 e. The largest absolute Gasteiger partial charge is 0.450 e. The van der Waals surface area contributed by atoms with Crippen LogP contribution in [0, 0.1) is 15.9 Å². The van der Waals surface area contributed by atoms with Crippen LogP contribution in [0.4, 0.5) is 10.1 Å². The van der Waals surface area contributed by atoms with Crippen molar-refractivity contribution in [2.24, 2.45) is 0 Å². The minimum absolute atomic E-state index is 0.0107. The molecule has 0 amide bonds. The molecule has 0 fully saturated rings. The summed E-state index contributed by atoms with van der Waals surface area (Å²) in [6.45, 7) is 0. The van der Waals surface area contributed by atoms with E-state index in [1.165, 1.54) is 36.4 Å². The first-order valence-electron chi connectivity index (χ1n) is 8.22. The van der Waals surface area contributed by atoms with Gasteiger partial charge < -0.3 is 9.72 Å². The van der Waals surface area contributed by atoms with Crippen LogP contribution < -0.4 is 10.3 Å². The Kier molecular flexibility index (Phi) is 4.29. The zero-order valence-corrected chi connectivity index (χ0v) is 14.3. The van der Waals surface area contributed by atoms with Crippen LogP contribution in [-0.4, -0.2) is 14.9 Å². The molecule has 1 aromatic heterocycles. The molecule has 0 aliphatic heterocycles. The Labute approximate surface area is 157 Å². The number of halogens is 1. The number of nitrogens with one attached hydrogen (secondary N) is 1. The number of para-hydroxylation sites is 1. The molecule has 4 aromatic rings. The van der Waals surface area contributed by atoms with E-state index >= 15 is 0 Å². The fourth-order valence-electron chi connectivity index (χ4n) is 2.75. The highest BCUT2D eigenvalue weighted by Crippen LogP contribution is 2.34. The van der Waals surface area contributed by atoms with Gasteiger partial charge in [-0.1, -0.05) is 12.1 Å². The lowest BCUT2D eigenvalue weighted by Crippen LogP contribution is -2.09. The van der Waals surface area contributed by atoms with Gasteiger partial charge in [-0.25, -0.2) is 9.37 Å². The van der Waals surface area contributed by atoms with Crippen molar-refractivity contribution in [3.63, 3.8) is 0 Å². The van der Waals surface area contributed by atoms with Crippen molar-refractivity contribution >= 4 is 16.6 Å². The zero-order valence-electron chi connectivity index (χ0n) is 14.3. The van der Waals surface area contributed by atoms with Crippen molar-refractivity contribution in [3.05, 3.63) is 93.0 Å². The van der Waals surface area contributed by atoms with E-state index in [4.69, 9.17) is 4.74 Å². The third kappa shape index (κ3) is 3.30. The van der Waals surface area contributed by atoms with Gasteiger partial charge in [-0.3, -0.25) is 14.9 Å². The van der Waals surface area contributed by atoms with E-state index in [1.54, 1.807) is 30.3 Å². The number of rotatable bonds is 4. The molecular weight excluding hydrogens is 365 g/mol. The topological polar surface area (TPSA) is 98.1 Å². The number of nitro groups is 1. The van der Waals surface area contributed by atoms with E-state index in [2.05, 4.69) is 9.97 Å². The number of aromatic nitrogens is 2. The molecule has 0 aliphatic carbocycles. The smallest absolute Gasteiger partial charge is 0.312 e. The van der Waals surface area contributed by atoms with Crippen LogP contribution in [0.15, 0.2) is 71.5 Å². The second kappa shape index (κ2) is 6.92. The number of nitrogens with zero attached hydrogens (tertiary/aromatic N) is 2. The van der Waals surface area contributed by atoms with E-state index < -0.39 is 10.7 Å². The van der Waals surface area contributed by atoms with Gasteiger partial charge in [0.2, 0.25) is 5.75 Å². The Morgan fingerprint density at radius 1 is 1.04 bits per heavy atom. The Hall–Kier alpha value is -4.07. The van der Waals surface area contributed by atoms with Gasteiger partial charge in [0.15, 0.2) is 0 Å². The predicted molar refractivity (Wildman–Crippen MR) is 101 cm³/mol. The van der Waals surface area contributed by atoms with Gasteiger partial charge in [0.05, 0.1) is 15.8 Å². The predicted octanol–water partition coefficient (Wildman–Crippen LogP) is 4.43. The lowest BCUT2D eigenvalue weighted by molar-refractivity contribution is -0.385. The van der Waals surface area contributed by atoms with Gasteiger partial charge in [-0.2, -0.15) is 0 Å². The standard InChI is InChI=1S/C20H12FN3O4/c21-13-6-8-14(9-7-13)28-18-10-5-12(11-17(18)24(26)27)19-22-16-4-2-1-3-15(16)20(25)23-19/h1-11H,(H,22,23,25). The average Bonchev–Trinajstić information content (AvgIpc) is 2.70. The highest BCUT2D eigenvalue weighted by Gasteiger charge is 2.19. The maximum absolute atomic E-state index is 13.0. The van der Waals surface area contributed by atoms with Gasteiger partial charge in [0, 0.05) is 11.6 Å². The molecular formula is C20H12FN3O4. The second-order valence-corrected chi connectivity index (χ2v) is 5.93. The Bertz CT molecular complexity index is 1250. The lowest BCUT2D eigenvalue weighted by atomic mass is 10.1. The number of hydrogen-bond acceptors (Lipinski definition) is 5. The van der Waals surface area contributed by atoms with E-state index in [0.29, 0.717) is 16.5 Å². The molecule has 0 saturated carbocycles. The van der Waals surface area contributed by atoms with Gasteiger partial charge in [-0.05, 0) is 48.5 Å². The quantitative estimate of drug-likeness (QED) is 0.419. The monoisotopic (exact) mass is 377 g/mol. The van der Waals surface area contributed by atoms with Crippen molar-refractivity contribution in [2.45, 2.75) is 0 Å². The van der Waals surface area contributed by atoms with Crippen molar-refractivity contribution in [3.8, 4) is 22.9 Å². The number of benzene rings is 3. The van der Waals surface area contributed by atoms with E-state index in [1.807, 2.05) is 0 Å². The van der Waals surface area contributed by atoms with Crippen LogP contribution in [0.5, 0.6) is 11.5 Å². The highest BCUT2D eigenvalue weighted by molar-refractivity contribution is 5.79. The first-order valence-corrected chi connectivity index (χ1v) is 8.22. The minimum atomic E-state index is -0.596. The summed E-state index contributed by atoms with van der Waals surface area (Å²) >= 11 is 0. The molecule has 0 atom stereocenters. The van der Waals surface area contributed by atoms with Crippen LogP contribution in [-0.2, 0) is 0 Å². The fourth-order valence-corrected chi connectivity index (χ4v) is 2.75. The van der Waals surface area contributed by atoms with Crippen LogP contribution in [0.1, 0.15) is 0 Å². The molecule has 1 N–H and O–H groups in total. The van der Waals surface area contributed by atoms with Crippen molar-refractivity contribution < 1.29 is 14.1 Å². The number of nitro benzene ring substituents is 1. The molecule has 0 radical (unpaired) electrons. The third-order valence-corrected chi connectivity index (χ3v) is 4.08. The van der Waals surface area contributed by atoms with Crippen LogP contribution in [0.2, 0.25) is 0 Å². The summed E-state index contributed by atoms with van der Waals surface area (Å²) in [6, 6.07) is 16.2. The van der Waals surface area contributed by atoms with E-state index in [0.717, 1.165) is 0 Å². The average molecular weight is 377 g/mol. The summed E-state index contributed by atoms with van der Waals surface area (Å²) in [7, 11) is 0. The first kappa shape index (κ1) is 17.3. The molecule has 4 rings (SSSR count). The highest BCUT2D eigenvalue weighted by atomic mass is 19.1. The van der Waals surface area contributed by atoms with Gasteiger partial charge in [-0.15, -0.1) is 0 Å². The summed E-state index contributed by atoms with van der Waals surface area (Å²) in [5, 5.41) is 11.9. The van der Waals surface area contributed by atoms with Crippen molar-refractivity contribution in [1.29, 1.82) is 0 Å². The Balaban J connectivity index is 1.77. The van der Waals surface area contributed by atoms with Gasteiger partial charge in [0.25, 0.3) is 5.56 Å². The van der Waals surface area contributed by atoms with Gasteiger partial charge >= 0.3 is 5.69 Å². The van der Waals surface area contributed by atoms with Crippen molar-refractivity contribution in [1.82, 2.24) is 9.97 Å². The normalized spacial score (nSPS) is 10.8. The molecule has 0 unspecified atom stereocenters. The molecule has 28 heavy (non-hydrogen) atoms. The summed E-state index contributed by atoms with van der Waals surface area (Å²) in [5.74, 6) is 0.0154. The maximum atomic E-state index is 13.0. The Morgan fingerprint density at radius 3 is 2.54 bits per heavy atom. The van der Waals surface area contributed by atoms with Crippen LogP contribution in [0.3, 0.4) is 0 Å². The molecule has 1 heterocycles. The number of fused-ring (bicyclic) bond motifs is 1. The van der Waals surface area contributed by atoms with E-state index in [9.17, 15) is 19.3 Å². The fraction of sp³-hybridized carbons (Fsp3) is 0. The summed E-state index contributed by atoms with van der Waals surface area (Å²) in [6.07, 6.45) is 0. The van der Waals surface area contributed by atoms with E-state index in [-0.39, 0.29) is 28.6 Å². The number of H-pyrrole nitrogens is 1. The molecule has 0 saturated heterocycles. The molecule has 138 valence electrons. The second-order valence-electron chi connectivity index (χ2n) is 5.93. The van der Waals surface area contributed by atoms with Crippen LogP contribution in [0.25, 0.3) is 22.3 Å². The van der Waals surface area contributed by atoms with Crippen molar-refractivity contribution in [2.75, 3.05) is 0 Å². The maximum Gasteiger partial charge on any atom is 0.312 e. The molecule has 7 nitrogen and oxygen atoms in total. The molecule has 3 aromatic carbocycles.